The van der Waals surface area contributed by atoms with Crippen LogP contribution in [0, 0.1) is 10.1 Å². The number of carbonyl (C=O) groups excluding carboxylic acids is 1. The zero-order valence-corrected chi connectivity index (χ0v) is 18.2. The highest BCUT2D eigenvalue weighted by Gasteiger charge is 2.44. The van der Waals surface area contributed by atoms with Crippen molar-refractivity contribution in [2.75, 3.05) is 4.90 Å². The van der Waals surface area contributed by atoms with Gasteiger partial charge in [0.05, 0.1) is 21.9 Å². The number of hydrogen-bond acceptors (Lipinski definition) is 5. The molecule has 0 fully saturated rings. The lowest BCUT2D eigenvalue weighted by atomic mass is 9.97. The van der Waals surface area contributed by atoms with Gasteiger partial charge >= 0.3 is 0 Å². The van der Waals surface area contributed by atoms with Gasteiger partial charge in [0, 0.05) is 22.8 Å². The molecule has 7 nitrogen and oxygen atoms in total. The lowest BCUT2D eigenvalue weighted by molar-refractivity contribution is -0.384. The minimum absolute atomic E-state index is 0.0779. The quantitative estimate of drug-likeness (QED) is 0.289. The van der Waals surface area contributed by atoms with Crippen molar-refractivity contribution in [2.24, 2.45) is 0 Å². The van der Waals surface area contributed by atoms with Gasteiger partial charge in [-0.15, -0.1) is 0 Å². The van der Waals surface area contributed by atoms with E-state index in [4.69, 9.17) is 16.0 Å². The Morgan fingerprint density at radius 1 is 1.06 bits per heavy atom. The van der Waals surface area contributed by atoms with E-state index in [0.29, 0.717) is 16.3 Å². The first kappa shape index (κ1) is 20.9. The van der Waals surface area contributed by atoms with E-state index in [-0.39, 0.29) is 28.0 Å². The molecule has 0 N–H and O–H groups in total. The molecule has 5 rings (SSSR count). The number of non-ortho nitro benzene ring substituents is 1. The van der Waals surface area contributed by atoms with Gasteiger partial charge in [-0.1, -0.05) is 42.8 Å². The van der Waals surface area contributed by atoms with E-state index in [9.17, 15) is 19.7 Å². The molecule has 8 heteroatoms. The highest BCUT2D eigenvalue weighted by atomic mass is 35.5. The smallest absolute Gasteiger partial charge is 0.295 e. The van der Waals surface area contributed by atoms with Gasteiger partial charge in [-0.3, -0.25) is 24.6 Å². The molecular weight excluding hydrogens is 444 g/mol. The number of rotatable bonds is 4. The van der Waals surface area contributed by atoms with Crippen molar-refractivity contribution in [1.82, 2.24) is 0 Å². The Bertz CT molecular complexity index is 1490. The van der Waals surface area contributed by atoms with E-state index >= 15 is 0 Å². The number of benzene rings is 3. The fourth-order valence-electron chi connectivity index (χ4n) is 4.23. The largest absolute Gasteiger partial charge is 0.450 e. The molecule has 1 aromatic heterocycles. The Morgan fingerprint density at radius 2 is 1.82 bits per heavy atom. The van der Waals surface area contributed by atoms with Gasteiger partial charge in [0.25, 0.3) is 11.6 Å². The van der Waals surface area contributed by atoms with Crippen LogP contribution in [0.3, 0.4) is 0 Å². The van der Waals surface area contributed by atoms with Gasteiger partial charge in [0.1, 0.15) is 5.58 Å². The Morgan fingerprint density at radius 3 is 2.52 bits per heavy atom. The normalized spacial score (nSPS) is 15.2. The minimum Gasteiger partial charge on any atom is -0.450 e. The maximum Gasteiger partial charge on any atom is 0.295 e. The fraction of sp³-hybridized carbons (Fsp3) is 0.120. The Labute approximate surface area is 193 Å². The average molecular weight is 461 g/mol. The van der Waals surface area contributed by atoms with Crippen LogP contribution in [0.15, 0.2) is 75.9 Å². The van der Waals surface area contributed by atoms with E-state index in [1.165, 1.54) is 29.2 Å². The number of aryl methyl sites for hydroxylation is 1. The summed E-state index contributed by atoms with van der Waals surface area (Å²) < 4.78 is 5.89. The van der Waals surface area contributed by atoms with Crippen LogP contribution in [-0.4, -0.2) is 10.8 Å². The third kappa shape index (κ3) is 3.37. The number of hydrogen-bond donors (Lipinski definition) is 0. The monoisotopic (exact) mass is 460 g/mol. The van der Waals surface area contributed by atoms with Crippen LogP contribution in [0.5, 0.6) is 0 Å². The lowest BCUT2D eigenvalue weighted by Gasteiger charge is -2.25. The highest BCUT2D eigenvalue weighted by molar-refractivity contribution is 6.31. The van der Waals surface area contributed by atoms with Gasteiger partial charge < -0.3 is 4.42 Å². The number of carbonyl (C=O) groups is 1. The van der Waals surface area contributed by atoms with Gasteiger partial charge in [-0.25, -0.2) is 0 Å². The molecule has 1 amide bonds. The predicted octanol–water partition coefficient (Wildman–Crippen LogP) is 5.67. The Balaban J connectivity index is 1.80. The first-order chi connectivity index (χ1) is 15.9. The van der Waals surface area contributed by atoms with Crippen LogP contribution in [0.1, 0.15) is 40.2 Å². The minimum atomic E-state index is -0.889. The molecule has 0 radical (unpaired) electrons. The molecule has 0 aliphatic carbocycles. The summed E-state index contributed by atoms with van der Waals surface area (Å²) in [5, 5.41) is 12.0. The van der Waals surface area contributed by atoms with Gasteiger partial charge in [0.15, 0.2) is 5.43 Å². The second kappa shape index (κ2) is 7.86. The van der Waals surface area contributed by atoms with Crippen molar-refractivity contribution in [3.8, 4) is 0 Å². The maximum absolute atomic E-state index is 13.6. The molecule has 0 saturated heterocycles. The molecule has 1 aliphatic rings. The van der Waals surface area contributed by atoms with Crippen LogP contribution >= 0.6 is 11.6 Å². The number of halogens is 1. The molecule has 0 bridgehead atoms. The van der Waals surface area contributed by atoms with E-state index in [1.807, 2.05) is 19.1 Å². The second-order valence-electron chi connectivity index (χ2n) is 7.76. The predicted molar refractivity (Wildman–Crippen MR) is 125 cm³/mol. The molecular formula is C25H17ClN2O5. The van der Waals surface area contributed by atoms with Crippen molar-refractivity contribution < 1.29 is 14.1 Å². The highest BCUT2D eigenvalue weighted by Crippen LogP contribution is 2.42. The summed E-state index contributed by atoms with van der Waals surface area (Å²) in [7, 11) is 0. The Hall–Kier alpha value is -3.97. The standard InChI is InChI=1S/C25H17ClN2O5/c1-2-14-6-9-17(10-7-14)27-22(15-4-3-5-18(12-15)28(31)32)21-23(29)19-13-16(26)8-11-20(19)33-24(21)25(27)30/h3-13,22H,2H2,1H3. The summed E-state index contributed by atoms with van der Waals surface area (Å²) in [5.74, 6) is -0.564. The van der Waals surface area contributed by atoms with Crippen molar-refractivity contribution >= 4 is 39.9 Å². The molecule has 0 spiro atoms. The van der Waals surface area contributed by atoms with Crippen LogP contribution in [0.2, 0.25) is 5.02 Å². The average Bonchev–Trinajstić information content (AvgIpc) is 3.12. The third-order valence-corrected chi connectivity index (χ3v) is 6.09. The molecule has 4 aromatic rings. The number of fused-ring (bicyclic) bond motifs is 2. The Kier molecular flexibility index (Phi) is 4.98. The van der Waals surface area contributed by atoms with Crippen LogP contribution < -0.4 is 10.3 Å². The summed E-state index contributed by atoms with van der Waals surface area (Å²) in [6.07, 6.45) is 0.828. The zero-order valence-electron chi connectivity index (χ0n) is 17.4. The molecule has 33 heavy (non-hydrogen) atoms. The van der Waals surface area contributed by atoms with E-state index in [0.717, 1.165) is 12.0 Å². The summed E-state index contributed by atoms with van der Waals surface area (Å²) in [4.78, 5) is 39.5. The SMILES string of the molecule is CCc1ccc(N2C(=O)c3oc4ccc(Cl)cc4c(=O)c3C2c2cccc([N+](=O)[O-])c2)cc1. The summed E-state index contributed by atoms with van der Waals surface area (Å²) in [6, 6.07) is 17.1. The van der Waals surface area contributed by atoms with E-state index in [1.54, 1.807) is 30.3 Å². The van der Waals surface area contributed by atoms with Crippen molar-refractivity contribution in [1.29, 1.82) is 0 Å². The number of anilines is 1. The van der Waals surface area contributed by atoms with Crippen LogP contribution in [-0.2, 0) is 6.42 Å². The third-order valence-electron chi connectivity index (χ3n) is 5.85. The van der Waals surface area contributed by atoms with Crippen molar-refractivity contribution in [3.63, 3.8) is 0 Å². The number of nitro groups is 1. The lowest BCUT2D eigenvalue weighted by Crippen LogP contribution is -2.29. The fourth-order valence-corrected chi connectivity index (χ4v) is 4.40. The molecule has 1 atom stereocenters. The first-order valence-corrected chi connectivity index (χ1v) is 10.7. The zero-order chi connectivity index (χ0) is 23.3. The van der Waals surface area contributed by atoms with Crippen molar-refractivity contribution in [3.05, 3.63) is 115 Å². The van der Waals surface area contributed by atoms with Gasteiger partial charge in [-0.05, 0) is 47.9 Å². The second-order valence-corrected chi connectivity index (χ2v) is 8.20. The van der Waals surface area contributed by atoms with E-state index in [2.05, 4.69) is 0 Å². The molecule has 3 aromatic carbocycles. The molecule has 164 valence electrons. The molecule has 0 saturated carbocycles. The molecule has 2 heterocycles. The first-order valence-electron chi connectivity index (χ1n) is 10.3. The van der Waals surface area contributed by atoms with Gasteiger partial charge in [0.2, 0.25) is 5.76 Å². The van der Waals surface area contributed by atoms with Crippen LogP contribution in [0.4, 0.5) is 11.4 Å². The molecule has 1 unspecified atom stereocenters. The summed E-state index contributed by atoms with van der Waals surface area (Å²) in [5.41, 5.74) is 1.93. The van der Waals surface area contributed by atoms with Gasteiger partial charge in [-0.2, -0.15) is 0 Å². The number of nitro benzene ring substituents is 1. The molecule has 1 aliphatic heterocycles. The summed E-state index contributed by atoms with van der Waals surface area (Å²) in [6.45, 7) is 2.02. The van der Waals surface area contributed by atoms with Crippen molar-refractivity contribution in [2.45, 2.75) is 19.4 Å². The maximum atomic E-state index is 13.6. The number of amides is 1. The van der Waals surface area contributed by atoms with E-state index < -0.39 is 22.3 Å². The summed E-state index contributed by atoms with van der Waals surface area (Å²) >= 11 is 6.10. The number of nitrogens with zero attached hydrogens (tertiary/aromatic N) is 2. The topological polar surface area (TPSA) is 93.7 Å². The van der Waals surface area contributed by atoms with Crippen LogP contribution in [0.25, 0.3) is 11.0 Å².